The number of nitrogens with zero attached hydrogens (tertiary/aromatic N) is 3. The summed E-state index contributed by atoms with van der Waals surface area (Å²) in [5.74, 6) is -0.689. The van der Waals surface area contributed by atoms with Gasteiger partial charge >= 0.3 is 5.97 Å². The molecule has 9 nitrogen and oxygen atoms in total. The molecule has 1 aromatic heterocycles. The molecule has 0 saturated carbocycles. The minimum atomic E-state index is -1.24. The van der Waals surface area contributed by atoms with Crippen molar-refractivity contribution in [3.05, 3.63) is 60.4 Å². The zero-order valence-electron chi connectivity index (χ0n) is 20.4. The largest absolute Gasteiger partial charge is 0.492 e. The summed E-state index contributed by atoms with van der Waals surface area (Å²) >= 11 is 0. The monoisotopic (exact) mass is 493 g/mol. The van der Waals surface area contributed by atoms with Gasteiger partial charge in [0, 0.05) is 38.7 Å². The summed E-state index contributed by atoms with van der Waals surface area (Å²) in [6.07, 6.45) is 4.62. The molecule has 0 aliphatic carbocycles. The molecule has 0 spiro atoms. The third kappa shape index (κ3) is 5.40. The Hall–Kier alpha value is -3.75. The van der Waals surface area contributed by atoms with Crippen molar-refractivity contribution in [3.63, 3.8) is 0 Å². The molecule has 1 aromatic carbocycles. The van der Waals surface area contributed by atoms with Crippen LogP contribution >= 0.6 is 0 Å². The van der Waals surface area contributed by atoms with Crippen LogP contribution < -0.4 is 4.74 Å². The van der Waals surface area contributed by atoms with Crippen molar-refractivity contribution in [1.29, 1.82) is 0 Å². The lowest BCUT2D eigenvalue weighted by molar-refractivity contribution is -0.149. The molecule has 2 aromatic rings. The molecule has 0 unspecified atom stereocenters. The fourth-order valence-corrected chi connectivity index (χ4v) is 5.00. The zero-order valence-corrected chi connectivity index (χ0v) is 20.4. The number of hydrogen-bond donors (Lipinski definition) is 0. The van der Waals surface area contributed by atoms with Crippen LogP contribution in [0.2, 0.25) is 0 Å². The zero-order chi connectivity index (χ0) is 25.5. The Bertz CT molecular complexity index is 1090. The predicted octanol–water partition coefficient (Wildman–Crippen LogP) is 2.35. The highest BCUT2D eigenvalue weighted by molar-refractivity contribution is 6.10. The number of rotatable bonds is 9. The smallest absolute Gasteiger partial charge is 0.308 e. The fraction of sp³-hybridized carbons (Fsp3) is 0.444. The molecule has 36 heavy (non-hydrogen) atoms. The lowest BCUT2D eigenvalue weighted by Gasteiger charge is -2.34. The molecule has 2 aliphatic rings. The summed E-state index contributed by atoms with van der Waals surface area (Å²) in [7, 11) is 1.36. The van der Waals surface area contributed by atoms with E-state index in [1.165, 1.54) is 12.0 Å². The van der Waals surface area contributed by atoms with Crippen molar-refractivity contribution >= 4 is 23.7 Å². The van der Waals surface area contributed by atoms with Crippen molar-refractivity contribution in [2.75, 3.05) is 33.4 Å². The SMILES string of the molecule is COC(=O)C1CCN(C(=O)C[C@]2(c3ccccc3)CC(=O)N(CCCOc3cccnc3)C2=O)CC1. The highest BCUT2D eigenvalue weighted by Crippen LogP contribution is 2.40. The number of amides is 3. The van der Waals surface area contributed by atoms with E-state index in [0.29, 0.717) is 50.3 Å². The number of benzene rings is 1. The standard InChI is InChI=1S/C27H31N3O6/c1-35-25(33)20-10-14-29(15-11-20)23(31)17-27(21-7-3-2-4-8-21)18-24(32)30(26(27)34)13-6-16-36-22-9-5-12-28-19-22/h2-5,7-9,12,19-20H,6,10-11,13-18H2,1H3/t27-/m1/s1. The van der Waals surface area contributed by atoms with Crippen LogP contribution in [0.4, 0.5) is 0 Å². The first-order valence-electron chi connectivity index (χ1n) is 12.2. The Morgan fingerprint density at radius 2 is 1.83 bits per heavy atom. The van der Waals surface area contributed by atoms with E-state index in [1.54, 1.807) is 41.6 Å². The van der Waals surface area contributed by atoms with Gasteiger partial charge in [-0.25, -0.2) is 0 Å². The molecule has 4 rings (SSSR count). The molecule has 3 amide bonds. The van der Waals surface area contributed by atoms with Crippen LogP contribution in [-0.2, 0) is 29.3 Å². The van der Waals surface area contributed by atoms with Crippen molar-refractivity contribution in [2.45, 2.75) is 37.5 Å². The average Bonchev–Trinajstić information content (AvgIpc) is 3.16. The third-order valence-electron chi connectivity index (χ3n) is 7.00. The first-order valence-corrected chi connectivity index (χ1v) is 12.2. The number of carbonyl (C=O) groups is 4. The molecule has 0 N–H and O–H groups in total. The molecule has 9 heteroatoms. The van der Waals surface area contributed by atoms with E-state index < -0.39 is 5.41 Å². The van der Waals surface area contributed by atoms with E-state index in [9.17, 15) is 19.2 Å². The minimum absolute atomic E-state index is 0.0519. The molecule has 0 radical (unpaired) electrons. The van der Waals surface area contributed by atoms with Crippen LogP contribution in [0.25, 0.3) is 0 Å². The van der Waals surface area contributed by atoms with E-state index >= 15 is 0 Å². The second-order valence-electron chi connectivity index (χ2n) is 9.22. The van der Waals surface area contributed by atoms with E-state index in [-0.39, 0.29) is 49.0 Å². The number of pyridine rings is 1. The maximum atomic E-state index is 13.7. The van der Waals surface area contributed by atoms with Crippen LogP contribution in [0.15, 0.2) is 54.9 Å². The first kappa shape index (κ1) is 25.3. The predicted molar refractivity (Wildman–Crippen MR) is 130 cm³/mol. The summed E-state index contributed by atoms with van der Waals surface area (Å²) < 4.78 is 10.5. The number of carbonyl (C=O) groups excluding carboxylic acids is 4. The summed E-state index contributed by atoms with van der Waals surface area (Å²) in [5.41, 5.74) is -0.575. The molecular weight excluding hydrogens is 462 g/mol. The molecule has 2 fully saturated rings. The maximum Gasteiger partial charge on any atom is 0.308 e. The van der Waals surface area contributed by atoms with E-state index in [4.69, 9.17) is 9.47 Å². The highest BCUT2D eigenvalue weighted by Gasteiger charge is 2.54. The Labute approximate surface area is 210 Å². The van der Waals surface area contributed by atoms with Crippen molar-refractivity contribution in [3.8, 4) is 5.75 Å². The number of esters is 1. The molecular formula is C27H31N3O6. The second-order valence-corrected chi connectivity index (χ2v) is 9.22. The Morgan fingerprint density at radius 1 is 1.08 bits per heavy atom. The van der Waals surface area contributed by atoms with Gasteiger partial charge in [-0.3, -0.25) is 29.1 Å². The summed E-state index contributed by atoms with van der Waals surface area (Å²) in [6, 6.07) is 12.6. The van der Waals surface area contributed by atoms with Crippen LogP contribution in [0.1, 0.15) is 37.7 Å². The van der Waals surface area contributed by atoms with Gasteiger partial charge in [-0.2, -0.15) is 0 Å². The normalized spacial score (nSPS) is 20.5. The van der Waals surface area contributed by atoms with E-state index in [0.717, 1.165) is 0 Å². The van der Waals surface area contributed by atoms with Gasteiger partial charge < -0.3 is 14.4 Å². The molecule has 2 saturated heterocycles. The van der Waals surface area contributed by atoms with Crippen LogP contribution in [0.5, 0.6) is 5.75 Å². The lowest BCUT2D eigenvalue weighted by Crippen LogP contribution is -2.46. The number of piperidine rings is 1. The molecule has 2 aliphatic heterocycles. The van der Waals surface area contributed by atoms with Crippen molar-refractivity contribution in [2.24, 2.45) is 5.92 Å². The number of hydrogen-bond acceptors (Lipinski definition) is 7. The molecule has 3 heterocycles. The van der Waals surface area contributed by atoms with E-state index in [2.05, 4.69) is 4.98 Å². The van der Waals surface area contributed by atoms with Gasteiger partial charge in [0.05, 0.1) is 31.2 Å². The van der Waals surface area contributed by atoms with Gasteiger partial charge in [0.1, 0.15) is 5.75 Å². The number of ether oxygens (including phenoxy) is 2. The summed E-state index contributed by atoms with van der Waals surface area (Å²) in [6.45, 7) is 1.38. The number of likely N-dealkylation sites (tertiary alicyclic amines) is 2. The second kappa shape index (κ2) is 11.3. The Balaban J connectivity index is 1.44. The topological polar surface area (TPSA) is 106 Å². The fourth-order valence-electron chi connectivity index (χ4n) is 5.00. The van der Waals surface area contributed by atoms with Gasteiger partial charge in [0.2, 0.25) is 17.7 Å². The quantitative estimate of drug-likeness (QED) is 0.300. The number of imide groups is 1. The summed E-state index contributed by atoms with van der Waals surface area (Å²) in [5, 5.41) is 0. The van der Waals surface area contributed by atoms with Gasteiger partial charge in [0.15, 0.2) is 0 Å². The van der Waals surface area contributed by atoms with Crippen LogP contribution in [-0.4, -0.2) is 71.8 Å². The Morgan fingerprint density at radius 3 is 2.50 bits per heavy atom. The third-order valence-corrected chi connectivity index (χ3v) is 7.00. The van der Waals surface area contributed by atoms with Gasteiger partial charge in [-0.15, -0.1) is 0 Å². The van der Waals surface area contributed by atoms with Gasteiger partial charge in [-0.1, -0.05) is 30.3 Å². The summed E-state index contributed by atoms with van der Waals surface area (Å²) in [4.78, 5) is 58.9. The van der Waals surface area contributed by atoms with E-state index in [1.807, 2.05) is 18.2 Å². The molecule has 190 valence electrons. The van der Waals surface area contributed by atoms with Gasteiger partial charge in [-0.05, 0) is 37.0 Å². The lowest BCUT2D eigenvalue weighted by atomic mass is 9.75. The van der Waals surface area contributed by atoms with Crippen LogP contribution in [0.3, 0.4) is 0 Å². The van der Waals surface area contributed by atoms with Crippen molar-refractivity contribution in [1.82, 2.24) is 14.8 Å². The molecule has 0 bridgehead atoms. The average molecular weight is 494 g/mol. The molecule has 1 atom stereocenters. The Kier molecular flexibility index (Phi) is 7.97. The van der Waals surface area contributed by atoms with Gasteiger partial charge in [0.25, 0.3) is 0 Å². The van der Waals surface area contributed by atoms with Crippen LogP contribution in [0, 0.1) is 5.92 Å². The highest BCUT2D eigenvalue weighted by atomic mass is 16.5. The minimum Gasteiger partial charge on any atom is -0.492 e. The number of methoxy groups -OCH3 is 1. The first-order chi connectivity index (χ1) is 17.4. The van der Waals surface area contributed by atoms with Crippen molar-refractivity contribution < 1.29 is 28.7 Å². The number of aromatic nitrogens is 1. The maximum absolute atomic E-state index is 13.7.